The molecule has 0 radical (unpaired) electrons. The molecule has 2 amide bonds. The second-order valence-corrected chi connectivity index (χ2v) is 5.23. The van der Waals surface area contributed by atoms with Gasteiger partial charge in [-0.2, -0.15) is 13.2 Å². The maximum Gasteiger partial charge on any atom is 0.408 e. The Labute approximate surface area is 125 Å². The average molecular weight is 315 g/mol. The highest BCUT2D eigenvalue weighted by Gasteiger charge is 2.48. The molecule has 2 rings (SSSR count). The van der Waals surface area contributed by atoms with Crippen LogP contribution in [0.4, 0.5) is 13.2 Å². The van der Waals surface area contributed by atoms with Crippen LogP contribution in [-0.2, 0) is 4.79 Å². The van der Waals surface area contributed by atoms with E-state index in [1.54, 1.807) is 0 Å². The first kappa shape index (κ1) is 16.3. The highest BCUT2D eigenvalue weighted by atomic mass is 19.4. The number of hydrogen-bond acceptors (Lipinski definition) is 3. The zero-order valence-corrected chi connectivity index (χ0v) is 11.9. The Kier molecular flexibility index (Phi) is 4.68. The first-order valence-electron chi connectivity index (χ1n) is 6.84. The van der Waals surface area contributed by atoms with Gasteiger partial charge >= 0.3 is 6.18 Å². The van der Waals surface area contributed by atoms with Gasteiger partial charge in [-0.15, -0.1) is 0 Å². The second-order valence-electron chi connectivity index (χ2n) is 5.23. The predicted octanol–water partition coefficient (Wildman–Crippen LogP) is 1.75. The lowest BCUT2D eigenvalue weighted by atomic mass is 9.96. The lowest BCUT2D eigenvalue weighted by molar-refractivity contribution is -0.184. The largest absolute Gasteiger partial charge is 0.408 e. The number of pyridine rings is 1. The summed E-state index contributed by atoms with van der Waals surface area (Å²) in [6.45, 7) is 1.13. The highest BCUT2D eigenvalue weighted by molar-refractivity contribution is 5.94. The summed E-state index contributed by atoms with van der Waals surface area (Å²) in [5.41, 5.74) is 0.146. The van der Waals surface area contributed by atoms with E-state index in [9.17, 15) is 22.8 Å². The van der Waals surface area contributed by atoms with Crippen molar-refractivity contribution in [3.8, 4) is 0 Å². The molecule has 0 saturated carbocycles. The van der Waals surface area contributed by atoms with E-state index in [4.69, 9.17) is 0 Å². The third-order valence-corrected chi connectivity index (χ3v) is 3.56. The minimum Gasteiger partial charge on any atom is -0.352 e. The Bertz CT molecular complexity index is 548. The molecule has 1 N–H and O–H groups in total. The monoisotopic (exact) mass is 315 g/mol. The number of aromatic nitrogens is 1. The first-order chi connectivity index (χ1) is 10.3. The summed E-state index contributed by atoms with van der Waals surface area (Å²) >= 11 is 0. The minimum atomic E-state index is -4.50. The molecule has 8 heteroatoms. The van der Waals surface area contributed by atoms with Gasteiger partial charge in [-0.3, -0.25) is 14.6 Å². The number of rotatable bonds is 2. The number of hydrogen-bond donors (Lipinski definition) is 1. The zero-order valence-electron chi connectivity index (χ0n) is 11.9. The van der Waals surface area contributed by atoms with Crippen molar-refractivity contribution in [3.63, 3.8) is 0 Å². The number of nitrogens with zero attached hydrogens (tertiary/aromatic N) is 2. The number of carbonyl (C=O) groups excluding carboxylic acids is 2. The Morgan fingerprint density at radius 1 is 1.27 bits per heavy atom. The van der Waals surface area contributed by atoms with Crippen molar-refractivity contribution in [2.45, 2.75) is 38.0 Å². The number of nitrogens with one attached hydrogen (secondary N) is 1. The first-order valence-corrected chi connectivity index (χ1v) is 6.84. The fourth-order valence-corrected chi connectivity index (χ4v) is 2.60. The lowest BCUT2D eigenvalue weighted by Crippen LogP contribution is -2.58. The molecule has 0 aromatic carbocycles. The van der Waals surface area contributed by atoms with Gasteiger partial charge in [0.05, 0.1) is 0 Å². The summed E-state index contributed by atoms with van der Waals surface area (Å²) in [5, 5.41) is 2.58. The van der Waals surface area contributed by atoms with Crippen LogP contribution in [0.3, 0.4) is 0 Å². The Morgan fingerprint density at radius 3 is 2.45 bits per heavy atom. The van der Waals surface area contributed by atoms with Crippen LogP contribution < -0.4 is 5.32 Å². The fourth-order valence-electron chi connectivity index (χ4n) is 2.60. The minimum absolute atomic E-state index is 0.146. The molecule has 0 bridgehead atoms. The van der Waals surface area contributed by atoms with Crippen molar-refractivity contribution in [2.75, 3.05) is 6.54 Å². The van der Waals surface area contributed by atoms with E-state index in [2.05, 4.69) is 10.3 Å². The molecule has 0 aliphatic carbocycles. The fraction of sp³-hybridized carbons (Fsp3) is 0.500. The quantitative estimate of drug-likeness (QED) is 0.904. The van der Waals surface area contributed by atoms with Gasteiger partial charge in [0.15, 0.2) is 0 Å². The summed E-state index contributed by atoms with van der Waals surface area (Å²) in [7, 11) is 0. The smallest absolute Gasteiger partial charge is 0.352 e. The second kappa shape index (κ2) is 6.33. The molecule has 1 aliphatic rings. The van der Waals surface area contributed by atoms with Crippen LogP contribution in [0.5, 0.6) is 0 Å². The van der Waals surface area contributed by atoms with E-state index in [0.717, 1.165) is 4.90 Å². The summed E-state index contributed by atoms with van der Waals surface area (Å²) in [4.78, 5) is 28.0. The van der Waals surface area contributed by atoms with E-state index >= 15 is 0 Å². The maximum absolute atomic E-state index is 13.2. The molecule has 1 aromatic rings. The number of halogens is 3. The highest BCUT2D eigenvalue weighted by Crippen LogP contribution is 2.32. The molecule has 120 valence electrons. The molecule has 0 unspecified atom stereocenters. The van der Waals surface area contributed by atoms with E-state index in [1.165, 1.54) is 31.5 Å². The molecular weight excluding hydrogens is 299 g/mol. The molecule has 1 fully saturated rings. The van der Waals surface area contributed by atoms with Crippen LogP contribution >= 0.6 is 0 Å². The van der Waals surface area contributed by atoms with Crippen molar-refractivity contribution in [3.05, 3.63) is 30.1 Å². The van der Waals surface area contributed by atoms with Crippen LogP contribution in [-0.4, -0.2) is 46.5 Å². The number of alkyl halides is 3. The van der Waals surface area contributed by atoms with E-state index in [1.807, 2.05) is 0 Å². The van der Waals surface area contributed by atoms with Crippen molar-refractivity contribution in [2.24, 2.45) is 0 Å². The molecule has 2 atom stereocenters. The van der Waals surface area contributed by atoms with Crippen molar-refractivity contribution >= 4 is 11.8 Å². The zero-order chi connectivity index (χ0) is 16.3. The van der Waals surface area contributed by atoms with E-state index in [0.29, 0.717) is 0 Å². The van der Waals surface area contributed by atoms with Gasteiger partial charge in [0.25, 0.3) is 5.91 Å². The normalized spacial score (nSPS) is 22.3. The van der Waals surface area contributed by atoms with Crippen LogP contribution in [0, 0.1) is 0 Å². The van der Waals surface area contributed by atoms with Crippen molar-refractivity contribution in [1.82, 2.24) is 15.2 Å². The summed E-state index contributed by atoms with van der Waals surface area (Å²) < 4.78 is 39.5. The standard InChI is InChI=1S/C14H16F3N3O2/c1-9(21)19-11-2-3-12(14(15,16)17)20(8-11)13(22)10-4-6-18-7-5-10/h4-7,11-12H,2-3,8H2,1H3,(H,19,21)/t11-,12-/m1/s1. The molecule has 5 nitrogen and oxygen atoms in total. The lowest BCUT2D eigenvalue weighted by Gasteiger charge is -2.40. The van der Waals surface area contributed by atoms with Crippen LogP contribution in [0.2, 0.25) is 0 Å². The predicted molar refractivity (Wildman–Crippen MR) is 72.0 cm³/mol. The average Bonchev–Trinajstić information content (AvgIpc) is 2.45. The number of carbonyl (C=O) groups is 2. The SMILES string of the molecule is CC(=O)N[C@@H]1CC[C@H](C(F)(F)F)N(C(=O)c2ccncc2)C1. The van der Waals surface area contributed by atoms with Gasteiger partial charge in [-0.1, -0.05) is 0 Å². The molecule has 1 saturated heterocycles. The van der Waals surface area contributed by atoms with Crippen molar-refractivity contribution < 1.29 is 22.8 Å². The molecule has 22 heavy (non-hydrogen) atoms. The Hall–Kier alpha value is -2.12. The summed E-state index contributed by atoms with van der Waals surface area (Å²) in [6, 6.07) is 0.440. The number of likely N-dealkylation sites (tertiary alicyclic amines) is 1. The molecule has 2 heterocycles. The van der Waals surface area contributed by atoms with E-state index < -0.39 is 24.2 Å². The van der Waals surface area contributed by atoms with Gasteiger partial charge in [-0.05, 0) is 25.0 Å². The Balaban J connectivity index is 2.23. The van der Waals surface area contributed by atoms with Gasteiger partial charge in [0.2, 0.25) is 5.91 Å². The van der Waals surface area contributed by atoms with Crippen LogP contribution in [0.15, 0.2) is 24.5 Å². The van der Waals surface area contributed by atoms with Gasteiger partial charge in [0.1, 0.15) is 6.04 Å². The molecule has 1 aromatic heterocycles. The maximum atomic E-state index is 13.2. The number of piperidine rings is 1. The van der Waals surface area contributed by atoms with Gasteiger partial charge in [0, 0.05) is 37.5 Å². The summed E-state index contributed by atoms with van der Waals surface area (Å²) in [5.74, 6) is -1.04. The Morgan fingerprint density at radius 2 is 1.91 bits per heavy atom. The summed E-state index contributed by atoms with van der Waals surface area (Å²) in [6.07, 6.45) is -1.84. The third kappa shape index (κ3) is 3.75. The molecule has 1 aliphatic heterocycles. The number of amides is 2. The van der Waals surface area contributed by atoms with Crippen molar-refractivity contribution in [1.29, 1.82) is 0 Å². The van der Waals surface area contributed by atoms with Gasteiger partial charge < -0.3 is 10.2 Å². The topological polar surface area (TPSA) is 62.3 Å². The van der Waals surface area contributed by atoms with Crippen LogP contribution in [0.1, 0.15) is 30.1 Å². The molecule has 0 spiro atoms. The van der Waals surface area contributed by atoms with E-state index in [-0.39, 0.29) is 30.9 Å². The molecular formula is C14H16F3N3O2. The van der Waals surface area contributed by atoms with Crippen LogP contribution in [0.25, 0.3) is 0 Å². The van der Waals surface area contributed by atoms with Gasteiger partial charge in [-0.25, -0.2) is 0 Å². The third-order valence-electron chi connectivity index (χ3n) is 3.56.